The molecule has 0 aliphatic carbocycles. The Hall–Kier alpha value is -3.35. The van der Waals surface area contributed by atoms with Crippen LogP contribution in [0.2, 0.25) is 0 Å². The lowest BCUT2D eigenvalue weighted by molar-refractivity contribution is -0.123. The third kappa shape index (κ3) is 4.49. The zero-order chi connectivity index (χ0) is 20.3. The molecule has 1 atom stereocenters. The number of carbonyl (C=O) groups excluding carboxylic acids is 3. The van der Waals surface area contributed by atoms with Crippen molar-refractivity contribution in [2.45, 2.75) is 20.3 Å². The molecule has 2 aromatic carbocycles. The van der Waals surface area contributed by atoms with Gasteiger partial charge in [0.1, 0.15) is 5.75 Å². The maximum Gasteiger partial charge on any atom is 0.262 e. The van der Waals surface area contributed by atoms with Crippen LogP contribution in [0.1, 0.15) is 17.5 Å². The molecule has 3 amide bonds. The number of nitrogens with two attached hydrogens (primary N) is 1. The van der Waals surface area contributed by atoms with Gasteiger partial charge in [0.25, 0.3) is 5.91 Å². The van der Waals surface area contributed by atoms with Gasteiger partial charge < -0.3 is 20.7 Å². The number of nitrogens with one attached hydrogen (secondary N) is 1. The summed E-state index contributed by atoms with van der Waals surface area (Å²) in [5, 5.41) is 2.84. The minimum atomic E-state index is -0.467. The second-order valence-electron chi connectivity index (χ2n) is 6.96. The summed E-state index contributed by atoms with van der Waals surface area (Å²) < 4.78 is 5.52. The lowest BCUT2D eigenvalue weighted by atomic mass is 10.1. The minimum Gasteiger partial charge on any atom is -0.484 e. The zero-order valence-corrected chi connectivity index (χ0v) is 15.9. The van der Waals surface area contributed by atoms with E-state index in [1.165, 1.54) is 4.90 Å². The fourth-order valence-electron chi connectivity index (χ4n) is 3.08. The Morgan fingerprint density at radius 3 is 2.54 bits per heavy atom. The smallest absolute Gasteiger partial charge is 0.262 e. The molecule has 0 unspecified atom stereocenters. The van der Waals surface area contributed by atoms with Crippen LogP contribution in [0.15, 0.2) is 42.5 Å². The van der Waals surface area contributed by atoms with Crippen molar-refractivity contribution in [3.63, 3.8) is 0 Å². The number of primary amides is 1. The van der Waals surface area contributed by atoms with Gasteiger partial charge in [0.2, 0.25) is 11.8 Å². The summed E-state index contributed by atoms with van der Waals surface area (Å²) in [6, 6.07) is 12.7. The standard InChI is InChI=1S/C21H23N3O4/c1-13-3-4-14(2)18(9-13)23-19(25)12-28-17-7-5-16(6-8-17)24-11-15(21(22)27)10-20(24)26/h3-9,15H,10-12H2,1-2H3,(H2,22,27)(H,23,25)/t15-/m1/s1. The third-order valence-corrected chi connectivity index (χ3v) is 4.71. The number of ether oxygens (including phenoxy) is 1. The number of anilines is 2. The van der Waals surface area contributed by atoms with E-state index in [0.29, 0.717) is 11.4 Å². The van der Waals surface area contributed by atoms with Gasteiger partial charge in [0, 0.05) is 24.3 Å². The summed E-state index contributed by atoms with van der Waals surface area (Å²) in [6.07, 6.45) is 0.131. The Balaban J connectivity index is 1.56. The van der Waals surface area contributed by atoms with E-state index in [9.17, 15) is 14.4 Å². The Kier molecular flexibility index (Phi) is 5.63. The van der Waals surface area contributed by atoms with Gasteiger partial charge >= 0.3 is 0 Å². The lowest BCUT2D eigenvalue weighted by Gasteiger charge is -2.17. The van der Waals surface area contributed by atoms with Gasteiger partial charge in [-0.2, -0.15) is 0 Å². The average molecular weight is 381 g/mol. The van der Waals surface area contributed by atoms with Gasteiger partial charge in [-0.1, -0.05) is 12.1 Å². The highest BCUT2D eigenvalue weighted by Gasteiger charge is 2.33. The van der Waals surface area contributed by atoms with Crippen LogP contribution in [0.4, 0.5) is 11.4 Å². The maximum absolute atomic E-state index is 12.1. The number of rotatable bonds is 6. The van der Waals surface area contributed by atoms with E-state index in [-0.39, 0.29) is 31.4 Å². The van der Waals surface area contributed by atoms with Crippen molar-refractivity contribution in [1.82, 2.24) is 0 Å². The number of benzene rings is 2. The van der Waals surface area contributed by atoms with Crippen molar-refractivity contribution in [1.29, 1.82) is 0 Å². The molecule has 0 bridgehead atoms. The van der Waals surface area contributed by atoms with Crippen LogP contribution < -0.4 is 20.7 Å². The molecule has 3 N–H and O–H groups in total. The second kappa shape index (κ2) is 8.12. The summed E-state index contributed by atoms with van der Waals surface area (Å²) in [6.45, 7) is 4.05. The van der Waals surface area contributed by atoms with E-state index in [0.717, 1.165) is 16.8 Å². The maximum atomic E-state index is 12.1. The van der Waals surface area contributed by atoms with Gasteiger partial charge in [-0.05, 0) is 55.3 Å². The van der Waals surface area contributed by atoms with Crippen LogP contribution in [0.5, 0.6) is 5.75 Å². The summed E-state index contributed by atoms with van der Waals surface area (Å²) in [4.78, 5) is 37.0. The number of hydrogen-bond acceptors (Lipinski definition) is 4. The predicted molar refractivity (Wildman–Crippen MR) is 106 cm³/mol. The van der Waals surface area contributed by atoms with Crippen LogP contribution in [-0.4, -0.2) is 30.9 Å². The molecule has 1 saturated heterocycles. The van der Waals surface area contributed by atoms with Crippen molar-refractivity contribution in [2.24, 2.45) is 11.7 Å². The first-order valence-corrected chi connectivity index (χ1v) is 9.03. The first-order valence-electron chi connectivity index (χ1n) is 9.03. The number of carbonyl (C=O) groups is 3. The normalized spacial score (nSPS) is 16.1. The van der Waals surface area contributed by atoms with Gasteiger partial charge in [0.15, 0.2) is 6.61 Å². The summed E-state index contributed by atoms with van der Waals surface area (Å²) in [5.74, 6) is -0.803. The minimum absolute atomic E-state index is 0.126. The van der Waals surface area contributed by atoms with Crippen LogP contribution in [-0.2, 0) is 14.4 Å². The number of hydrogen-bond donors (Lipinski definition) is 2. The summed E-state index contributed by atoms with van der Waals surface area (Å²) in [5.41, 5.74) is 8.76. The number of nitrogens with zero attached hydrogens (tertiary/aromatic N) is 1. The summed E-state index contributed by atoms with van der Waals surface area (Å²) >= 11 is 0. The molecule has 28 heavy (non-hydrogen) atoms. The predicted octanol–water partition coefficient (Wildman–Crippen LogP) is 2.16. The molecular weight excluding hydrogens is 358 g/mol. The second-order valence-corrected chi connectivity index (χ2v) is 6.96. The van der Waals surface area contributed by atoms with Crippen LogP contribution in [0, 0.1) is 19.8 Å². The molecule has 0 aromatic heterocycles. The van der Waals surface area contributed by atoms with Gasteiger partial charge in [-0.3, -0.25) is 14.4 Å². The molecule has 146 valence electrons. The highest BCUT2D eigenvalue weighted by molar-refractivity contribution is 6.00. The first-order chi connectivity index (χ1) is 13.3. The van der Waals surface area contributed by atoms with Crippen molar-refractivity contribution >= 4 is 29.1 Å². The molecule has 1 fully saturated rings. The monoisotopic (exact) mass is 381 g/mol. The SMILES string of the molecule is Cc1ccc(C)c(NC(=O)COc2ccc(N3C[C@H](C(N)=O)CC3=O)cc2)c1. The molecule has 1 heterocycles. The quantitative estimate of drug-likeness (QED) is 0.800. The van der Waals surface area contributed by atoms with E-state index in [1.807, 2.05) is 32.0 Å². The van der Waals surface area contributed by atoms with Crippen LogP contribution in [0.3, 0.4) is 0 Å². The van der Waals surface area contributed by atoms with E-state index < -0.39 is 11.8 Å². The van der Waals surface area contributed by atoms with Crippen molar-refractivity contribution in [3.8, 4) is 5.75 Å². The fourth-order valence-corrected chi connectivity index (χ4v) is 3.08. The number of aryl methyl sites for hydroxylation is 2. The van der Waals surface area contributed by atoms with E-state index in [2.05, 4.69) is 5.32 Å². The Bertz CT molecular complexity index is 908. The van der Waals surface area contributed by atoms with Gasteiger partial charge in [-0.15, -0.1) is 0 Å². The Morgan fingerprint density at radius 1 is 1.18 bits per heavy atom. The fraction of sp³-hybridized carbons (Fsp3) is 0.286. The van der Waals surface area contributed by atoms with Crippen LogP contribution in [0.25, 0.3) is 0 Å². The Morgan fingerprint density at radius 2 is 1.89 bits per heavy atom. The average Bonchev–Trinajstić information content (AvgIpc) is 3.05. The first kappa shape index (κ1) is 19.4. The molecule has 7 heteroatoms. The van der Waals surface area contributed by atoms with E-state index in [4.69, 9.17) is 10.5 Å². The molecule has 1 aliphatic heterocycles. The van der Waals surface area contributed by atoms with Crippen molar-refractivity contribution in [2.75, 3.05) is 23.4 Å². The third-order valence-electron chi connectivity index (χ3n) is 4.71. The van der Waals surface area contributed by atoms with Crippen molar-refractivity contribution in [3.05, 3.63) is 53.6 Å². The molecule has 0 spiro atoms. The number of amides is 3. The molecular formula is C21H23N3O4. The van der Waals surface area contributed by atoms with E-state index in [1.54, 1.807) is 24.3 Å². The zero-order valence-electron chi connectivity index (χ0n) is 15.9. The topological polar surface area (TPSA) is 102 Å². The molecule has 0 radical (unpaired) electrons. The molecule has 7 nitrogen and oxygen atoms in total. The molecule has 2 aromatic rings. The van der Waals surface area contributed by atoms with Crippen LogP contribution >= 0.6 is 0 Å². The summed E-state index contributed by atoms with van der Waals surface area (Å²) in [7, 11) is 0. The molecule has 3 rings (SSSR count). The van der Waals surface area contributed by atoms with Crippen molar-refractivity contribution < 1.29 is 19.1 Å². The molecule has 1 aliphatic rings. The molecule has 0 saturated carbocycles. The van der Waals surface area contributed by atoms with Gasteiger partial charge in [-0.25, -0.2) is 0 Å². The van der Waals surface area contributed by atoms with Gasteiger partial charge in [0.05, 0.1) is 5.92 Å². The highest BCUT2D eigenvalue weighted by Crippen LogP contribution is 2.26. The lowest BCUT2D eigenvalue weighted by Crippen LogP contribution is -2.28. The van der Waals surface area contributed by atoms with E-state index >= 15 is 0 Å². The largest absolute Gasteiger partial charge is 0.484 e. The Labute approximate surface area is 163 Å². The highest BCUT2D eigenvalue weighted by atomic mass is 16.5.